The van der Waals surface area contributed by atoms with Gasteiger partial charge in [-0.25, -0.2) is 8.78 Å². The van der Waals surface area contributed by atoms with E-state index in [0.717, 1.165) is 5.56 Å². The van der Waals surface area contributed by atoms with E-state index in [2.05, 4.69) is 5.32 Å². The molecule has 2 nitrogen and oxygen atoms in total. The highest BCUT2D eigenvalue weighted by molar-refractivity contribution is 6.32. The van der Waals surface area contributed by atoms with Crippen LogP contribution in [0.4, 0.5) is 8.78 Å². The van der Waals surface area contributed by atoms with Gasteiger partial charge in [0.05, 0.1) is 5.02 Å². The lowest BCUT2D eigenvalue weighted by atomic mass is 10.1. The predicted molar refractivity (Wildman–Crippen MR) is 74.7 cm³/mol. The van der Waals surface area contributed by atoms with Crippen molar-refractivity contribution in [1.29, 1.82) is 0 Å². The van der Waals surface area contributed by atoms with Gasteiger partial charge in [-0.2, -0.15) is 0 Å². The molecule has 106 valence electrons. The van der Waals surface area contributed by atoms with Gasteiger partial charge in [-0.3, -0.25) is 0 Å². The quantitative estimate of drug-likeness (QED) is 0.887. The van der Waals surface area contributed by atoms with Crippen molar-refractivity contribution in [3.8, 4) is 5.75 Å². The fraction of sp³-hybridized carbons (Fsp3) is 0.200. The first-order chi connectivity index (χ1) is 9.49. The van der Waals surface area contributed by atoms with E-state index in [1.807, 2.05) is 0 Å². The van der Waals surface area contributed by atoms with E-state index < -0.39 is 17.7 Å². The van der Waals surface area contributed by atoms with Crippen LogP contribution in [0.5, 0.6) is 5.75 Å². The zero-order valence-corrected chi connectivity index (χ0v) is 11.6. The Morgan fingerprint density at radius 3 is 2.45 bits per heavy atom. The summed E-state index contributed by atoms with van der Waals surface area (Å²) in [6.07, 6.45) is 0. The third kappa shape index (κ3) is 3.26. The number of rotatable bonds is 4. The molecule has 0 radical (unpaired) electrons. The van der Waals surface area contributed by atoms with Crippen molar-refractivity contribution < 1.29 is 13.9 Å². The van der Waals surface area contributed by atoms with Gasteiger partial charge in [-0.1, -0.05) is 23.7 Å². The molecular weight excluding hydrogens is 284 g/mol. The third-order valence-electron chi connectivity index (χ3n) is 3.06. The molecule has 20 heavy (non-hydrogen) atoms. The Morgan fingerprint density at radius 1 is 1.20 bits per heavy atom. The smallest absolute Gasteiger partial charge is 0.134 e. The maximum absolute atomic E-state index is 13.6. The number of phenolic OH excluding ortho intramolecular Hbond substituents is 1. The van der Waals surface area contributed by atoms with E-state index in [1.165, 1.54) is 24.3 Å². The summed E-state index contributed by atoms with van der Waals surface area (Å²) < 4.78 is 27.2. The van der Waals surface area contributed by atoms with Crippen molar-refractivity contribution in [3.63, 3.8) is 0 Å². The first-order valence-electron chi connectivity index (χ1n) is 6.13. The molecule has 5 heteroatoms. The Labute approximate surface area is 121 Å². The van der Waals surface area contributed by atoms with Crippen LogP contribution in [0.25, 0.3) is 0 Å². The molecule has 0 spiro atoms. The third-order valence-corrected chi connectivity index (χ3v) is 3.36. The van der Waals surface area contributed by atoms with E-state index in [-0.39, 0.29) is 16.3 Å². The summed E-state index contributed by atoms with van der Waals surface area (Å²) in [7, 11) is 0. The van der Waals surface area contributed by atoms with Crippen molar-refractivity contribution in [2.24, 2.45) is 0 Å². The summed E-state index contributed by atoms with van der Waals surface area (Å²) >= 11 is 5.80. The molecule has 2 aromatic carbocycles. The molecule has 0 aliphatic rings. The molecule has 0 saturated carbocycles. The fourth-order valence-electron chi connectivity index (χ4n) is 1.96. The SMILES string of the molecule is CC(NCc1ccc(O)c(Cl)c1)c1c(F)cccc1F. The summed E-state index contributed by atoms with van der Waals surface area (Å²) in [5.74, 6) is -1.15. The Kier molecular flexibility index (Phi) is 4.57. The second-order valence-corrected chi connectivity index (χ2v) is 4.93. The lowest BCUT2D eigenvalue weighted by molar-refractivity contribution is 0.474. The molecular formula is C15H14ClF2NO. The number of hydrogen-bond donors (Lipinski definition) is 2. The Hall–Kier alpha value is -1.65. The molecule has 1 unspecified atom stereocenters. The second-order valence-electron chi connectivity index (χ2n) is 4.52. The van der Waals surface area contributed by atoms with Gasteiger partial charge in [-0.15, -0.1) is 0 Å². The summed E-state index contributed by atoms with van der Waals surface area (Å²) in [5.41, 5.74) is 0.828. The standard InChI is InChI=1S/C15H14ClF2NO/c1-9(15-12(17)3-2-4-13(15)18)19-8-10-5-6-14(20)11(16)7-10/h2-7,9,19-20H,8H2,1H3. The number of aromatic hydroxyl groups is 1. The van der Waals surface area contributed by atoms with Crippen LogP contribution in [0.2, 0.25) is 5.02 Å². The van der Waals surface area contributed by atoms with Crippen LogP contribution < -0.4 is 5.32 Å². The molecule has 0 aromatic heterocycles. The zero-order valence-electron chi connectivity index (χ0n) is 10.8. The molecule has 0 heterocycles. The average molecular weight is 298 g/mol. The molecule has 1 atom stereocenters. The van der Waals surface area contributed by atoms with Gasteiger partial charge in [0, 0.05) is 18.2 Å². The molecule has 2 aromatic rings. The Bertz CT molecular complexity index is 599. The van der Waals surface area contributed by atoms with Crippen LogP contribution in [-0.2, 0) is 6.54 Å². The fourth-order valence-corrected chi connectivity index (χ4v) is 2.16. The predicted octanol–water partition coefficient (Wildman–Crippen LogP) is 4.17. The number of hydrogen-bond acceptors (Lipinski definition) is 2. The normalized spacial score (nSPS) is 12.4. The first-order valence-corrected chi connectivity index (χ1v) is 6.51. The largest absolute Gasteiger partial charge is 0.506 e. The number of benzene rings is 2. The summed E-state index contributed by atoms with van der Waals surface area (Å²) in [4.78, 5) is 0. The number of halogens is 3. The van der Waals surface area contributed by atoms with Crippen LogP contribution in [0, 0.1) is 11.6 Å². The molecule has 2 N–H and O–H groups in total. The summed E-state index contributed by atoms with van der Waals surface area (Å²) in [6.45, 7) is 2.07. The second kappa shape index (κ2) is 6.20. The molecule has 0 amide bonds. The van der Waals surface area contributed by atoms with E-state index in [4.69, 9.17) is 11.6 Å². The van der Waals surface area contributed by atoms with Crippen LogP contribution in [0.1, 0.15) is 24.1 Å². The van der Waals surface area contributed by atoms with Crippen LogP contribution >= 0.6 is 11.6 Å². The lowest BCUT2D eigenvalue weighted by Crippen LogP contribution is -2.20. The van der Waals surface area contributed by atoms with Crippen LogP contribution in [-0.4, -0.2) is 5.11 Å². The molecule has 0 aliphatic carbocycles. The Morgan fingerprint density at radius 2 is 1.85 bits per heavy atom. The van der Waals surface area contributed by atoms with Gasteiger partial charge >= 0.3 is 0 Å². The minimum Gasteiger partial charge on any atom is -0.506 e. The van der Waals surface area contributed by atoms with E-state index >= 15 is 0 Å². The number of nitrogens with one attached hydrogen (secondary N) is 1. The van der Waals surface area contributed by atoms with Crippen molar-refractivity contribution in [2.45, 2.75) is 19.5 Å². The van der Waals surface area contributed by atoms with E-state index in [0.29, 0.717) is 6.54 Å². The highest BCUT2D eigenvalue weighted by Gasteiger charge is 2.15. The molecule has 0 fully saturated rings. The molecule has 0 bridgehead atoms. The van der Waals surface area contributed by atoms with Gasteiger partial charge in [0.1, 0.15) is 17.4 Å². The van der Waals surface area contributed by atoms with Crippen LogP contribution in [0.3, 0.4) is 0 Å². The first kappa shape index (κ1) is 14.8. The van der Waals surface area contributed by atoms with Gasteiger partial charge in [0.2, 0.25) is 0 Å². The van der Waals surface area contributed by atoms with Crippen molar-refractivity contribution >= 4 is 11.6 Å². The van der Waals surface area contributed by atoms with E-state index in [9.17, 15) is 13.9 Å². The van der Waals surface area contributed by atoms with Crippen molar-refractivity contribution in [2.75, 3.05) is 0 Å². The molecule has 0 saturated heterocycles. The minimum atomic E-state index is -0.575. The highest BCUT2D eigenvalue weighted by Crippen LogP contribution is 2.24. The van der Waals surface area contributed by atoms with Crippen molar-refractivity contribution in [3.05, 3.63) is 64.2 Å². The summed E-state index contributed by atoms with van der Waals surface area (Å²) in [5, 5.41) is 12.6. The summed E-state index contributed by atoms with van der Waals surface area (Å²) in [6, 6.07) is 8.09. The topological polar surface area (TPSA) is 32.3 Å². The molecule has 2 rings (SSSR count). The zero-order chi connectivity index (χ0) is 14.7. The molecule has 0 aliphatic heterocycles. The van der Waals surface area contributed by atoms with Gasteiger partial charge < -0.3 is 10.4 Å². The van der Waals surface area contributed by atoms with E-state index in [1.54, 1.807) is 19.1 Å². The minimum absolute atomic E-state index is 0.00335. The number of phenols is 1. The van der Waals surface area contributed by atoms with Gasteiger partial charge in [-0.05, 0) is 36.8 Å². The monoisotopic (exact) mass is 297 g/mol. The van der Waals surface area contributed by atoms with Gasteiger partial charge in [0.25, 0.3) is 0 Å². The van der Waals surface area contributed by atoms with Crippen molar-refractivity contribution in [1.82, 2.24) is 5.32 Å². The van der Waals surface area contributed by atoms with Gasteiger partial charge in [0.15, 0.2) is 0 Å². The Balaban J connectivity index is 2.08. The maximum Gasteiger partial charge on any atom is 0.134 e. The highest BCUT2D eigenvalue weighted by atomic mass is 35.5. The van der Waals surface area contributed by atoms with Crippen LogP contribution in [0.15, 0.2) is 36.4 Å². The maximum atomic E-state index is 13.6. The lowest BCUT2D eigenvalue weighted by Gasteiger charge is -2.16. The average Bonchev–Trinajstić information content (AvgIpc) is 2.40.